The number of halogens is 1. The summed E-state index contributed by atoms with van der Waals surface area (Å²) in [6.45, 7) is 0.562. The van der Waals surface area contributed by atoms with Gasteiger partial charge in [-0.1, -0.05) is 6.07 Å². The molecule has 0 aliphatic carbocycles. The van der Waals surface area contributed by atoms with Crippen LogP contribution >= 0.6 is 12.4 Å². The quantitative estimate of drug-likeness (QED) is 0.797. The van der Waals surface area contributed by atoms with Crippen molar-refractivity contribution in [1.82, 2.24) is 10.2 Å². The maximum atomic E-state index is 12.0. The standard InChI is InChI=1S/C13H17N3O2.ClH/c1-16-8-11(5-6-12(16)17)15-13(18)9-3-2-4-10(14)7-9;/h2-4,7,11H,5-6,8,14H2,1H3,(H,15,18);1H. The number of hydrogen-bond donors (Lipinski definition) is 2. The van der Waals surface area contributed by atoms with Crippen molar-refractivity contribution in [3.05, 3.63) is 29.8 Å². The van der Waals surface area contributed by atoms with E-state index in [9.17, 15) is 9.59 Å². The molecule has 19 heavy (non-hydrogen) atoms. The molecule has 0 aromatic heterocycles. The van der Waals surface area contributed by atoms with E-state index in [1.807, 2.05) is 0 Å². The van der Waals surface area contributed by atoms with Crippen molar-refractivity contribution in [2.24, 2.45) is 0 Å². The highest BCUT2D eigenvalue weighted by Crippen LogP contribution is 2.11. The molecule has 0 spiro atoms. The third-order valence-corrected chi connectivity index (χ3v) is 3.11. The number of likely N-dealkylation sites (tertiary alicyclic amines) is 1. The molecular formula is C13H18ClN3O2. The number of carbonyl (C=O) groups excluding carboxylic acids is 2. The summed E-state index contributed by atoms with van der Waals surface area (Å²) in [4.78, 5) is 25.0. The number of piperidine rings is 1. The lowest BCUT2D eigenvalue weighted by Gasteiger charge is -2.30. The van der Waals surface area contributed by atoms with E-state index in [1.54, 1.807) is 36.2 Å². The highest BCUT2D eigenvalue weighted by molar-refractivity contribution is 5.95. The van der Waals surface area contributed by atoms with E-state index in [4.69, 9.17) is 5.73 Å². The van der Waals surface area contributed by atoms with E-state index in [1.165, 1.54) is 0 Å². The second-order valence-corrected chi connectivity index (χ2v) is 4.61. The van der Waals surface area contributed by atoms with Crippen molar-refractivity contribution in [2.45, 2.75) is 18.9 Å². The van der Waals surface area contributed by atoms with Crippen LogP contribution in [-0.2, 0) is 4.79 Å². The molecule has 1 saturated heterocycles. The molecule has 1 aliphatic heterocycles. The van der Waals surface area contributed by atoms with Crippen LogP contribution in [-0.4, -0.2) is 36.3 Å². The van der Waals surface area contributed by atoms with Gasteiger partial charge in [-0.15, -0.1) is 12.4 Å². The van der Waals surface area contributed by atoms with Crippen molar-refractivity contribution in [3.8, 4) is 0 Å². The number of rotatable bonds is 2. The van der Waals surface area contributed by atoms with Gasteiger partial charge in [0.2, 0.25) is 5.91 Å². The molecule has 6 heteroatoms. The lowest BCUT2D eigenvalue weighted by molar-refractivity contribution is -0.132. The number of hydrogen-bond acceptors (Lipinski definition) is 3. The predicted molar refractivity (Wildman–Crippen MR) is 76.2 cm³/mol. The highest BCUT2D eigenvalue weighted by atomic mass is 35.5. The van der Waals surface area contributed by atoms with Crippen molar-refractivity contribution in [3.63, 3.8) is 0 Å². The van der Waals surface area contributed by atoms with Gasteiger partial charge in [0.25, 0.3) is 5.91 Å². The molecule has 1 unspecified atom stereocenters. The van der Waals surface area contributed by atoms with Crippen LogP contribution in [0.2, 0.25) is 0 Å². The minimum Gasteiger partial charge on any atom is -0.399 e. The highest BCUT2D eigenvalue weighted by Gasteiger charge is 2.24. The summed E-state index contributed by atoms with van der Waals surface area (Å²) in [5, 5.41) is 2.92. The molecule has 1 aliphatic rings. The number of nitrogen functional groups attached to an aromatic ring is 1. The summed E-state index contributed by atoms with van der Waals surface area (Å²) in [6, 6.07) is 6.88. The third-order valence-electron chi connectivity index (χ3n) is 3.11. The summed E-state index contributed by atoms with van der Waals surface area (Å²) < 4.78 is 0. The first-order chi connectivity index (χ1) is 8.56. The van der Waals surface area contributed by atoms with E-state index >= 15 is 0 Å². The second kappa shape index (κ2) is 6.43. The molecule has 104 valence electrons. The van der Waals surface area contributed by atoms with E-state index in [-0.39, 0.29) is 30.3 Å². The zero-order valence-corrected chi connectivity index (χ0v) is 11.6. The fourth-order valence-electron chi connectivity index (χ4n) is 2.08. The lowest BCUT2D eigenvalue weighted by Crippen LogP contribution is -2.48. The van der Waals surface area contributed by atoms with Crippen LogP contribution in [0.4, 0.5) is 5.69 Å². The molecular weight excluding hydrogens is 266 g/mol. The molecule has 0 bridgehead atoms. The van der Waals surface area contributed by atoms with Gasteiger partial charge in [-0.05, 0) is 24.6 Å². The maximum absolute atomic E-state index is 12.0. The second-order valence-electron chi connectivity index (χ2n) is 4.61. The van der Waals surface area contributed by atoms with Gasteiger partial charge in [0, 0.05) is 37.3 Å². The molecule has 2 rings (SSSR count). The molecule has 1 atom stereocenters. The van der Waals surface area contributed by atoms with Crippen LogP contribution in [0.3, 0.4) is 0 Å². The Balaban J connectivity index is 0.00000180. The van der Waals surface area contributed by atoms with E-state index in [0.717, 1.165) is 0 Å². The van der Waals surface area contributed by atoms with Gasteiger partial charge in [0.05, 0.1) is 0 Å². The van der Waals surface area contributed by atoms with E-state index < -0.39 is 0 Å². The Morgan fingerprint density at radius 3 is 2.84 bits per heavy atom. The van der Waals surface area contributed by atoms with E-state index in [0.29, 0.717) is 30.6 Å². The van der Waals surface area contributed by atoms with Gasteiger partial charge in [0.15, 0.2) is 0 Å². The Bertz CT molecular complexity index is 479. The Labute approximate surface area is 118 Å². The van der Waals surface area contributed by atoms with Crippen LogP contribution < -0.4 is 11.1 Å². The summed E-state index contributed by atoms with van der Waals surface area (Å²) in [7, 11) is 1.75. The normalized spacial score (nSPS) is 18.7. The number of nitrogens with two attached hydrogens (primary N) is 1. The summed E-state index contributed by atoms with van der Waals surface area (Å²) in [5.41, 5.74) is 6.76. The first kappa shape index (κ1) is 15.3. The number of benzene rings is 1. The van der Waals surface area contributed by atoms with Crippen molar-refractivity contribution >= 4 is 29.9 Å². The number of anilines is 1. The molecule has 1 fully saturated rings. The topological polar surface area (TPSA) is 75.4 Å². The predicted octanol–water partition coefficient (Wildman–Crippen LogP) is 1.04. The maximum Gasteiger partial charge on any atom is 0.251 e. The summed E-state index contributed by atoms with van der Waals surface area (Å²) in [6.07, 6.45) is 1.18. The first-order valence-corrected chi connectivity index (χ1v) is 5.96. The van der Waals surface area contributed by atoms with Crippen LogP contribution in [0.15, 0.2) is 24.3 Å². The van der Waals surface area contributed by atoms with Gasteiger partial charge < -0.3 is 16.0 Å². The number of amides is 2. The van der Waals surface area contributed by atoms with E-state index in [2.05, 4.69) is 5.32 Å². The lowest BCUT2D eigenvalue weighted by atomic mass is 10.0. The largest absolute Gasteiger partial charge is 0.399 e. The van der Waals surface area contributed by atoms with Gasteiger partial charge in [-0.2, -0.15) is 0 Å². The van der Waals surface area contributed by atoms with Gasteiger partial charge >= 0.3 is 0 Å². The Hall–Kier alpha value is -1.75. The average Bonchev–Trinajstić information content (AvgIpc) is 2.34. The van der Waals surface area contributed by atoms with Crippen molar-refractivity contribution in [2.75, 3.05) is 19.3 Å². The Kier molecular flexibility index (Phi) is 5.18. The SMILES string of the molecule is CN1CC(NC(=O)c2cccc(N)c2)CCC1=O.Cl. The van der Waals surface area contributed by atoms with Crippen molar-refractivity contribution < 1.29 is 9.59 Å². The zero-order valence-electron chi connectivity index (χ0n) is 10.8. The zero-order chi connectivity index (χ0) is 13.1. The van der Waals surface area contributed by atoms with Crippen LogP contribution in [0.5, 0.6) is 0 Å². The minimum absolute atomic E-state index is 0. The fraction of sp³-hybridized carbons (Fsp3) is 0.385. The molecule has 1 aromatic carbocycles. The van der Waals surface area contributed by atoms with Crippen LogP contribution in [0.1, 0.15) is 23.2 Å². The smallest absolute Gasteiger partial charge is 0.251 e. The van der Waals surface area contributed by atoms with Crippen LogP contribution in [0, 0.1) is 0 Å². The Morgan fingerprint density at radius 2 is 2.21 bits per heavy atom. The Morgan fingerprint density at radius 1 is 1.47 bits per heavy atom. The minimum atomic E-state index is -0.143. The van der Waals surface area contributed by atoms with Gasteiger partial charge in [-0.25, -0.2) is 0 Å². The monoisotopic (exact) mass is 283 g/mol. The van der Waals surface area contributed by atoms with Crippen molar-refractivity contribution in [1.29, 1.82) is 0 Å². The first-order valence-electron chi connectivity index (χ1n) is 5.96. The van der Waals surface area contributed by atoms with Gasteiger partial charge in [0.1, 0.15) is 0 Å². The number of nitrogens with one attached hydrogen (secondary N) is 1. The summed E-state index contributed by atoms with van der Waals surface area (Å²) >= 11 is 0. The molecule has 5 nitrogen and oxygen atoms in total. The molecule has 1 heterocycles. The third kappa shape index (κ3) is 3.86. The number of likely N-dealkylation sites (N-methyl/N-ethyl adjacent to an activating group) is 1. The molecule has 1 aromatic rings. The molecule has 3 N–H and O–H groups in total. The number of carbonyl (C=O) groups is 2. The molecule has 0 saturated carbocycles. The summed E-state index contributed by atoms with van der Waals surface area (Å²) in [5.74, 6) is -0.0143. The van der Waals surface area contributed by atoms with Gasteiger partial charge in [-0.3, -0.25) is 9.59 Å². The average molecular weight is 284 g/mol. The number of nitrogens with zero attached hydrogens (tertiary/aromatic N) is 1. The van der Waals surface area contributed by atoms with Crippen LogP contribution in [0.25, 0.3) is 0 Å². The fourth-order valence-corrected chi connectivity index (χ4v) is 2.08. The molecule has 0 radical (unpaired) electrons. The molecule has 2 amide bonds.